The first kappa shape index (κ1) is 12.1. The first-order valence-electron chi connectivity index (χ1n) is 5.44. The van der Waals surface area contributed by atoms with Crippen molar-refractivity contribution in [3.8, 4) is 0 Å². The molecule has 1 saturated heterocycles. The predicted octanol–water partition coefficient (Wildman–Crippen LogP) is 0.245. The number of aromatic nitrogens is 2. The second kappa shape index (κ2) is 5.83. The van der Waals surface area contributed by atoms with Gasteiger partial charge in [0.15, 0.2) is 5.82 Å². The normalized spacial score (nSPS) is 19.0. The molecule has 92 valence electrons. The van der Waals surface area contributed by atoms with Gasteiger partial charge < -0.3 is 10.7 Å². The third-order valence-corrected chi connectivity index (χ3v) is 3.84. The van der Waals surface area contributed by atoms with Gasteiger partial charge in [0.25, 0.3) is 5.91 Å². The van der Waals surface area contributed by atoms with Gasteiger partial charge in [-0.2, -0.15) is 11.8 Å². The minimum absolute atomic E-state index is 0.182. The maximum Gasteiger partial charge on any atom is 0.271 e. The van der Waals surface area contributed by atoms with Crippen LogP contribution >= 0.6 is 11.8 Å². The van der Waals surface area contributed by atoms with Crippen molar-refractivity contribution in [1.29, 1.82) is 0 Å². The van der Waals surface area contributed by atoms with Gasteiger partial charge in [0.1, 0.15) is 5.69 Å². The number of rotatable bonds is 4. The molecule has 0 saturated carbocycles. The summed E-state index contributed by atoms with van der Waals surface area (Å²) in [6.07, 6.45) is 4.01. The average molecular weight is 253 g/mol. The Balaban J connectivity index is 1.85. The first-order valence-corrected chi connectivity index (χ1v) is 6.59. The van der Waals surface area contributed by atoms with E-state index in [1.807, 2.05) is 11.8 Å². The van der Waals surface area contributed by atoms with Crippen molar-refractivity contribution >= 4 is 23.5 Å². The Labute approximate surface area is 104 Å². The molecule has 0 radical (unpaired) electrons. The molecule has 1 aromatic rings. The lowest BCUT2D eigenvalue weighted by atomic mass is 10.1. The third kappa shape index (κ3) is 3.31. The van der Waals surface area contributed by atoms with Crippen molar-refractivity contribution in [3.05, 3.63) is 18.1 Å². The number of nitrogens with one attached hydrogen (secondary N) is 2. The van der Waals surface area contributed by atoms with E-state index < -0.39 is 0 Å². The lowest BCUT2D eigenvalue weighted by molar-refractivity contribution is 0.0943. The molecule has 1 unspecified atom stereocenters. The highest BCUT2D eigenvalue weighted by Crippen LogP contribution is 2.22. The number of hydrogen-bond acceptors (Lipinski definition) is 6. The second-order valence-electron chi connectivity index (χ2n) is 3.87. The Kier molecular flexibility index (Phi) is 4.16. The van der Waals surface area contributed by atoms with E-state index in [2.05, 4.69) is 20.7 Å². The van der Waals surface area contributed by atoms with E-state index in [1.54, 1.807) is 0 Å². The van der Waals surface area contributed by atoms with Gasteiger partial charge in [-0.15, -0.1) is 0 Å². The summed E-state index contributed by atoms with van der Waals surface area (Å²) in [5.74, 6) is 8.32. The standard InChI is InChI=1S/C10H15N5OS/c11-15-9-5-12-8(4-13-9)10(16)14-3-7-1-2-17-6-7/h4-5,7H,1-3,6,11H2,(H,13,15)(H,14,16). The number of carbonyl (C=O) groups excluding carboxylic acids is 1. The highest BCUT2D eigenvalue weighted by molar-refractivity contribution is 7.99. The van der Waals surface area contributed by atoms with Crippen LogP contribution in [-0.2, 0) is 0 Å². The van der Waals surface area contributed by atoms with Gasteiger partial charge in [0, 0.05) is 6.54 Å². The van der Waals surface area contributed by atoms with E-state index in [0.717, 1.165) is 5.75 Å². The van der Waals surface area contributed by atoms with Crippen LogP contribution in [0.15, 0.2) is 12.4 Å². The predicted molar refractivity (Wildman–Crippen MR) is 67.6 cm³/mol. The van der Waals surface area contributed by atoms with Gasteiger partial charge in [0.05, 0.1) is 12.4 Å². The van der Waals surface area contributed by atoms with Crippen LogP contribution in [0.5, 0.6) is 0 Å². The van der Waals surface area contributed by atoms with Gasteiger partial charge in [-0.25, -0.2) is 15.8 Å². The Bertz CT molecular complexity index is 377. The molecule has 7 heteroatoms. The fourth-order valence-electron chi connectivity index (χ4n) is 1.59. The SMILES string of the molecule is NNc1cnc(C(=O)NCC2CCSC2)cn1. The highest BCUT2D eigenvalue weighted by atomic mass is 32.2. The van der Waals surface area contributed by atoms with Gasteiger partial charge in [0.2, 0.25) is 0 Å². The summed E-state index contributed by atoms with van der Waals surface area (Å²) >= 11 is 1.93. The third-order valence-electron chi connectivity index (χ3n) is 2.61. The summed E-state index contributed by atoms with van der Waals surface area (Å²) in [4.78, 5) is 19.6. The molecule has 0 bridgehead atoms. The number of thioether (sulfide) groups is 1. The van der Waals surface area contributed by atoms with Crippen molar-refractivity contribution in [1.82, 2.24) is 15.3 Å². The minimum Gasteiger partial charge on any atom is -0.350 e. The molecule has 1 aromatic heterocycles. The topological polar surface area (TPSA) is 92.9 Å². The molecule has 0 aliphatic carbocycles. The number of nitrogens with zero attached hydrogens (tertiary/aromatic N) is 2. The summed E-state index contributed by atoms with van der Waals surface area (Å²) in [6, 6.07) is 0. The van der Waals surface area contributed by atoms with Crippen LogP contribution in [-0.4, -0.2) is 33.9 Å². The van der Waals surface area contributed by atoms with E-state index in [-0.39, 0.29) is 5.91 Å². The van der Waals surface area contributed by atoms with Crippen LogP contribution in [0.2, 0.25) is 0 Å². The minimum atomic E-state index is -0.182. The maximum absolute atomic E-state index is 11.7. The number of nitrogen functional groups attached to an aromatic ring is 1. The molecule has 1 aliphatic heterocycles. The van der Waals surface area contributed by atoms with E-state index in [9.17, 15) is 4.79 Å². The van der Waals surface area contributed by atoms with E-state index >= 15 is 0 Å². The summed E-state index contributed by atoms with van der Waals surface area (Å²) < 4.78 is 0. The van der Waals surface area contributed by atoms with E-state index in [4.69, 9.17) is 5.84 Å². The van der Waals surface area contributed by atoms with Gasteiger partial charge in [-0.1, -0.05) is 0 Å². The van der Waals surface area contributed by atoms with Crippen molar-refractivity contribution in [2.45, 2.75) is 6.42 Å². The second-order valence-corrected chi connectivity index (χ2v) is 5.02. The number of hydrazine groups is 1. The fraction of sp³-hybridized carbons (Fsp3) is 0.500. The Morgan fingerprint density at radius 1 is 1.53 bits per heavy atom. The van der Waals surface area contributed by atoms with Gasteiger partial charge >= 0.3 is 0 Å². The van der Waals surface area contributed by atoms with Gasteiger partial charge in [-0.3, -0.25) is 4.79 Å². The molecular formula is C10H15N5OS. The summed E-state index contributed by atoms with van der Waals surface area (Å²) in [5, 5.41) is 2.87. The Hall–Kier alpha value is -1.34. The molecule has 1 fully saturated rings. The summed E-state index contributed by atoms with van der Waals surface area (Å²) in [6.45, 7) is 0.713. The van der Waals surface area contributed by atoms with E-state index in [1.165, 1.54) is 24.6 Å². The van der Waals surface area contributed by atoms with Crippen LogP contribution in [0.1, 0.15) is 16.9 Å². The largest absolute Gasteiger partial charge is 0.350 e. The maximum atomic E-state index is 11.7. The van der Waals surface area contributed by atoms with Crippen molar-refractivity contribution < 1.29 is 4.79 Å². The molecule has 6 nitrogen and oxygen atoms in total. The van der Waals surface area contributed by atoms with Crippen LogP contribution in [0.4, 0.5) is 5.82 Å². The van der Waals surface area contributed by atoms with Crippen molar-refractivity contribution in [3.63, 3.8) is 0 Å². The van der Waals surface area contributed by atoms with Crippen molar-refractivity contribution in [2.75, 3.05) is 23.5 Å². The number of hydrogen-bond donors (Lipinski definition) is 3. The number of nitrogens with two attached hydrogens (primary N) is 1. The zero-order valence-electron chi connectivity index (χ0n) is 9.35. The lowest BCUT2D eigenvalue weighted by Gasteiger charge is -2.09. The van der Waals surface area contributed by atoms with Gasteiger partial charge in [-0.05, 0) is 23.8 Å². The molecule has 2 heterocycles. The Morgan fingerprint density at radius 2 is 2.41 bits per heavy atom. The number of carbonyl (C=O) groups is 1. The number of amides is 1. The van der Waals surface area contributed by atoms with Crippen LogP contribution in [0.3, 0.4) is 0 Å². The van der Waals surface area contributed by atoms with Crippen LogP contribution < -0.4 is 16.6 Å². The molecule has 17 heavy (non-hydrogen) atoms. The monoisotopic (exact) mass is 253 g/mol. The molecule has 4 N–H and O–H groups in total. The van der Waals surface area contributed by atoms with Crippen LogP contribution in [0.25, 0.3) is 0 Å². The van der Waals surface area contributed by atoms with Crippen molar-refractivity contribution in [2.24, 2.45) is 11.8 Å². The lowest BCUT2D eigenvalue weighted by Crippen LogP contribution is -2.30. The zero-order chi connectivity index (χ0) is 12.1. The van der Waals surface area contributed by atoms with E-state index in [0.29, 0.717) is 24.0 Å². The molecule has 1 aliphatic rings. The molecular weight excluding hydrogens is 238 g/mol. The smallest absolute Gasteiger partial charge is 0.271 e. The Morgan fingerprint density at radius 3 is 3.00 bits per heavy atom. The first-order chi connectivity index (χ1) is 8.29. The van der Waals surface area contributed by atoms with Crippen LogP contribution in [0, 0.1) is 5.92 Å². The molecule has 0 aromatic carbocycles. The summed E-state index contributed by atoms with van der Waals surface area (Å²) in [7, 11) is 0. The molecule has 1 atom stereocenters. The summed E-state index contributed by atoms with van der Waals surface area (Å²) in [5.41, 5.74) is 2.68. The quantitative estimate of drug-likeness (QED) is 0.526. The average Bonchev–Trinajstić information content (AvgIpc) is 2.89. The number of anilines is 1. The molecule has 0 spiro atoms. The molecule has 1 amide bonds. The molecule has 2 rings (SSSR count). The highest BCUT2D eigenvalue weighted by Gasteiger charge is 2.17. The zero-order valence-corrected chi connectivity index (χ0v) is 10.2. The fourth-order valence-corrected chi connectivity index (χ4v) is 2.88.